The highest BCUT2D eigenvalue weighted by Crippen LogP contribution is 2.31. The SMILES string of the molecule is CCCCn1cnc(-c2ccc(F)cc2Br)c1N. The zero-order valence-corrected chi connectivity index (χ0v) is 11.7. The average molecular weight is 312 g/mol. The van der Waals surface area contributed by atoms with E-state index >= 15 is 0 Å². The highest BCUT2D eigenvalue weighted by molar-refractivity contribution is 9.10. The van der Waals surface area contributed by atoms with Crippen LogP contribution in [0.1, 0.15) is 19.8 Å². The Balaban J connectivity index is 2.36. The van der Waals surface area contributed by atoms with Crippen molar-refractivity contribution in [1.29, 1.82) is 0 Å². The van der Waals surface area contributed by atoms with Gasteiger partial charge in [-0.05, 0) is 40.5 Å². The third kappa shape index (κ3) is 2.56. The molecule has 0 radical (unpaired) electrons. The van der Waals surface area contributed by atoms with Crippen LogP contribution in [0.2, 0.25) is 0 Å². The third-order valence-corrected chi connectivity index (χ3v) is 3.47. The fourth-order valence-electron chi connectivity index (χ4n) is 1.79. The Labute approximate surface area is 114 Å². The molecule has 2 N–H and O–H groups in total. The van der Waals surface area contributed by atoms with E-state index < -0.39 is 0 Å². The van der Waals surface area contributed by atoms with E-state index in [9.17, 15) is 4.39 Å². The normalized spacial score (nSPS) is 10.8. The monoisotopic (exact) mass is 311 g/mol. The number of nitrogen functional groups attached to an aromatic ring is 1. The molecular formula is C13H15BrFN3. The number of imidazole rings is 1. The van der Waals surface area contributed by atoms with E-state index in [-0.39, 0.29) is 5.82 Å². The summed E-state index contributed by atoms with van der Waals surface area (Å²) in [6, 6.07) is 4.51. The summed E-state index contributed by atoms with van der Waals surface area (Å²) in [6.45, 7) is 2.98. The molecule has 2 rings (SSSR count). The molecule has 0 unspecified atom stereocenters. The molecule has 1 heterocycles. The Morgan fingerprint density at radius 1 is 1.44 bits per heavy atom. The van der Waals surface area contributed by atoms with Crippen molar-refractivity contribution in [1.82, 2.24) is 9.55 Å². The van der Waals surface area contributed by atoms with E-state index in [1.165, 1.54) is 12.1 Å². The number of unbranched alkanes of at least 4 members (excludes halogenated alkanes) is 1. The highest BCUT2D eigenvalue weighted by atomic mass is 79.9. The molecule has 0 aliphatic rings. The van der Waals surface area contributed by atoms with Crippen molar-refractivity contribution < 1.29 is 4.39 Å². The number of halogens is 2. The number of benzene rings is 1. The first-order valence-corrected chi connectivity index (χ1v) is 6.68. The molecule has 0 fully saturated rings. The molecule has 0 amide bonds. The van der Waals surface area contributed by atoms with Crippen LogP contribution in [0, 0.1) is 5.82 Å². The standard InChI is InChI=1S/C13H15BrFN3/c1-2-3-6-18-8-17-12(13(18)16)10-5-4-9(15)7-11(10)14/h4-5,7-8H,2-3,6,16H2,1H3. The Morgan fingerprint density at radius 3 is 2.89 bits per heavy atom. The van der Waals surface area contributed by atoms with Gasteiger partial charge >= 0.3 is 0 Å². The molecule has 0 aliphatic heterocycles. The molecule has 0 saturated carbocycles. The first kappa shape index (κ1) is 13.1. The molecule has 0 saturated heterocycles. The van der Waals surface area contributed by atoms with Crippen molar-refractivity contribution >= 4 is 21.7 Å². The summed E-state index contributed by atoms with van der Waals surface area (Å²) in [5.41, 5.74) is 7.57. The summed E-state index contributed by atoms with van der Waals surface area (Å²) in [5, 5.41) is 0. The highest BCUT2D eigenvalue weighted by Gasteiger charge is 2.12. The Kier molecular flexibility index (Phi) is 4.01. The maximum absolute atomic E-state index is 13.0. The van der Waals surface area contributed by atoms with Gasteiger partial charge in [0.2, 0.25) is 0 Å². The maximum atomic E-state index is 13.0. The number of hydrogen-bond donors (Lipinski definition) is 1. The number of aryl methyl sites for hydroxylation is 1. The quantitative estimate of drug-likeness (QED) is 0.932. The van der Waals surface area contributed by atoms with Gasteiger partial charge in [0.25, 0.3) is 0 Å². The molecule has 18 heavy (non-hydrogen) atoms. The second-order valence-electron chi connectivity index (χ2n) is 4.15. The summed E-state index contributed by atoms with van der Waals surface area (Å²) in [4.78, 5) is 4.31. The molecule has 1 aromatic heterocycles. The fourth-order valence-corrected chi connectivity index (χ4v) is 2.33. The summed E-state index contributed by atoms with van der Waals surface area (Å²) < 4.78 is 15.6. The van der Waals surface area contributed by atoms with Gasteiger partial charge in [-0.3, -0.25) is 0 Å². The van der Waals surface area contributed by atoms with Crippen molar-refractivity contribution in [3.8, 4) is 11.3 Å². The first-order chi connectivity index (χ1) is 8.63. The lowest BCUT2D eigenvalue weighted by molar-refractivity contribution is 0.627. The molecule has 1 aromatic carbocycles. The lowest BCUT2D eigenvalue weighted by Crippen LogP contribution is -2.02. The zero-order chi connectivity index (χ0) is 13.1. The summed E-state index contributed by atoms with van der Waals surface area (Å²) in [6.07, 6.45) is 3.90. The van der Waals surface area contributed by atoms with E-state index in [0.717, 1.165) is 24.9 Å². The molecule has 0 atom stereocenters. The van der Waals surface area contributed by atoms with Crippen LogP contribution in [0.4, 0.5) is 10.2 Å². The number of hydrogen-bond acceptors (Lipinski definition) is 2. The molecular weight excluding hydrogens is 297 g/mol. The predicted octanol–water partition coefficient (Wildman–Crippen LogP) is 3.83. The summed E-state index contributed by atoms with van der Waals surface area (Å²) >= 11 is 3.34. The van der Waals surface area contributed by atoms with Crippen LogP contribution in [-0.4, -0.2) is 9.55 Å². The first-order valence-electron chi connectivity index (χ1n) is 5.89. The predicted molar refractivity (Wildman–Crippen MR) is 74.6 cm³/mol. The minimum Gasteiger partial charge on any atom is -0.383 e. The van der Waals surface area contributed by atoms with Gasteiger partial charge in [-0.2, -0.15) is 0 Å². The maximum Gasteiger partial charge on any atom is 0.131 e. The van der Waals surface area contributed by atoms with Crippen molar-refractivity contribution in [3.63, 3.8) is 0 Å². The van der Waals surface area contributed by atoms with E-state index in [4.69, 9.17) is 5.73 Å². The largest absolute Gasteiger partial charge is 0.383 e. The number of aromatic nitrogens is 2. The van der Waals surface area contributed by atoms with Crippen molar-refractivity contribution in [2.45, 2.75) is 26.3 Å². The fraction of sp³-hybridized carbons (Fsp3) is 0.308. The average Bonchev–Trinajstić information content (AvgIpc) is 2.68. The second-order valence-corrected chi connectivity index (χ2v) is 5.00. The minimum absolute atomic E-state index is 0.283. The van der Waals surface area contributed by atoms with Crippen LogP contribution >= 0.6 is 15.9 Å². The van der Waals surface area contributed by atoms with Crippen LogP contribution in [0.25, 0.3) is 11.3 Å². The van der Waals surface area contributed by atoms with Gasteiger partial charge in [0, 0.05) is 16.6 Å². The van der Waals surface area contributed by atoms with E-state index in [2.05, 4.69) is 27.8 Å². The zero-order valence-electron chi connectivity index (χ0n) is 10.2. The molecule has 0 spiro atoms. The van der Waals surface area contributed by atoms with Crippen LogP contribution in [-0.2, 0) is 6.54 Å². The number of nitrogens with zero attached hydrogens (tertiary/aromatic N) is 2. The van der Waals surface area contributed by atoms with Crippen molar-refractivity contribution in [2.75, 3.05) is 5.73 Å². The topological polar surface area (TPSA) is 43.8 Å². The second kappa shape index (κ2) is 5.52. The lowest BCUT2D eigenvalue weighted by Gasteiger charge is -2.06. The Morgan fingerprint density at radius 2 is 2.22 bits per heavy atom. The number of nitrogens with two attached hydrogens (primary N) is 1. The van der Waals surface area contributed by atoms with Gasteiger partial charge < -0.3 is 10.3 Å². The summed E-state index contributed by atoms with van der Waals surface area (Å²) in [7, 11) is 0. The Bertz CT molecular complexity index is 551. The lowest BCUT2D eigenvalue weighted by atomic mass is 10.1. The van der Waals surface area contributed by atoms with Crippen LogP contribution in [0.15, 0.2) is 29.0 Å². The van der Waals surface area contributed by atoms with E-state index in [1.54, 1.807) is 12.4 Å². The smallest absolute Gasteiger partial charge is 0.131 e. The Hall–Kier alpha value is -1.36. The van der Waals surface area contributed by atoms with Gasteiger partial charge in [-0.25, -0.2) is 9.37 Å². The number of rotatable bonds is 4. The minimum atomic E-state index is -0.283. The third-order valence-electron chi connectivity index (χ3n) is 2.82. The molecule has 3 nitrogen and oxygen atoms in total. The van der Waals surface area contributed by atoms with Gasteiger partial charge in [0.05, 0.1) is 6.33 Å². The van der Waals surface area contributed by atoms with Gasteiger partial charge in [-0.1, -0.05) is 13.3 Å². The van der Waals surface area contributed by atoms with Crippen LogP contribution < -0.4 is 5.73 Å². The van der Waals surface area contributed by atoms with Gasteiger partial charge in [0.1, 0.15) is 17.3 Å². The van der Waals surface area contributed by atoms with Gasteiger partial charge in [-0.15, -0.1) is 0 Å². The summed E-state index contributed by atoms with van der Waals surface area (Å²) in [5.74, 6) is 0.338. The van der Waals surface area contributed by atoms with Crippen LogP contribution in [0.5, 0.6) is 0 Å². The van der Waals surface area contributed by atoms with Crippen LogP contribution in [0.3, 0.4) is 0 Å². The van der Waals surface area contributed by atoms with Crippen molar-refractivity contribution in [2.24, 2.45) is 0 Å². The molecule has 0 bridgehead atoms. The van der Waals surface area contributed by atoms with Gasteiger partial charge in [0.15, 0.2) is 0 Å². The van der Waals surface area contributed by atoms with E-state index in [0.29, 0.717) is 16.0 Å². The molecule has 2 aromatic rings. The van der Waals surface area contributed by atoms with Crippen molar-refractivity contribution in [3.05, 3.63) is 34.8 Å². The number of anilines is 1. The molecule has 0 aliphatic carbocycles. The molecule has 96 valence electrons. The van der Waals surface area contributed by atoms with E-state index in [1.807, 2.05) is 4.57 Å². The molecule has 5 heteroatoms.